The van der Waals surface area contributed by atoms with E-state index in [4.69, 9.17) is 0 Å². The highest BCUT2D eigenvalue weighted by atomic mass is 16.2. The van der Waals surface area contributed by atoms with E-state index < -0.39 is 0 Å². The first-order chi connectivity index (χ1) is 13.1. The fourth-order valence-corrected chi connectivity index (χ4v) is 2.38. The molecule has 0 aliphatic rings. The first-order valence-electron chi connectivity index (χ1n) is 8.66. The lowest BCUT2D eigenvalue weighted by molar-refractivity contribution is -0.124. The van der Waals surface area contributed by atoms with E-state index in [0.29, 0.717) is 24.7 Å². The van der Waals surface area contributed by atoms with Gasteiger partial charge in [-0.05, 0) is 49.7 Å². The number of nitrogens with one attached hydrogen (secondary N) is 3. The lowest BCUT2D eigenvalue weighted by Gasteiger charge is -2.13. The van der Waals surface area contributed by atoms with E-state index in [0.717, 1.165) is 11.4 Å². The number of pyridine rings is 1. The lowest BCUT2D eigenvalue weighted by Crippen LogP contribution is -2.34. The fourth-order valence-electron chi connectivity index (χ4n) is 2.38. The van der Waals surface area contributed by atoms with E-state index in [9.17, 15) is 4.79 Å². The number of carbonyl (C=O) groups excluding carboxylic acids is 1. The van der Waals surface area contributed by atoms with Gasteiger partial charge in [-0.25, -0.2) is 4.98 Å². The summed E-state index contributed by atoms with van der Waals surface area (Å²) in [4.78, 5) is 16.3. The Bertz CT molecular complexity index is 863. The summed E-state index contributed by atoms with van der Waals surface area (Å²) in [6.45, 7) is 4.81. The van der Waals surface area contributed by atoms with Crippen molar-refractivity contribution in [3.63, 3.8) is 0 Å². The molecule has 0 fully saturated rings. The molecular weight excluding hydrogens is 344 g/mol. The monoisotopic (exact) mass is 366 g/mol. The van der Waals surface area contributed by atoms with E-state index in [2.05, 4.69) is 36.2 Å². The summed E-state index contributed by atoms with van der Waals surface area (Å²) < 4.78 is 1.61. The van der Waals surface area contributed by atoms with Crippen LogP contribution < -0.4 is 16.0 Å². The van der Waals surface area contributed by atoms with Crippen LogP contribution in [0.25, 0.3) is 0 Å². The molecule has 0 aromatic carbocycles. The Balaban J connectivity index is 1.42. The number of carbonyl (C=O) groups is 1. The van der Waals surface area contributed by atoms with Crippen molar-refractivity contribution in [3.8, 4) is 0 Å². The van der Waals surface area contributed by atoms with Crippen LogP contribution in [-0.4, -0.2) is 44.0 Å². The van der Waals surface area contributed by atoms with E-state index in [1.54, 1.807) is 36.3 Å². The van der Waals surface area contributed by atoms with Crippen LogP contribution in [0.2, 0.25) is 0 Å². The van der Waals surface area contributed by atoms with Crippen molar-refractivity contribution in [1.82, 2.24) is 30.3 Å². The largest absolute Gasteiger partial charge is 0.367 e. The number of anilines is 3. The summed E-state index contributed by atoms with van der Waals surface area (Å²) in [5, 5.41) is 21.4. The maximum absolute atomic E-state index is 12.1. The minimum atomic E-state index is -0.347. The average molecular weight is 366 g/mol. The number of hydrogen-bond acceptors (Lipinski definition) is 7. The number of nitrogens with zero attached hydrogens (tertiary/aromatic N) is 5. The van der Waals surface area contributed by atoms with Crippen LogP contribution in [0.15, 0.2) is 48.9 Å². The summed E-state index contributed by atoms with van der Waals surface area (Å²) in [5.74, 6) is 1.88. The van der Waals surface area contributed by atoms with Crippen LogP contribution in [0.3, 0.4) is 0 Å². The highest BCUT2D eigenvalue weighted by Crippen LogP contribution is 2.13. The second kappa shape index (κ2) is 8.75. The van der Waals surface area contributed by atoms with Crippen LogP contribution in [0, 0.1) is 6.92 Å². The summed E-state index contributed by atoms with van der Waals surface area (Å²) in [5.41, 5.74) is 1.11. The molecule has 9 heteroatoms. The molecule has 3 aromatic rings. The number of amides is 1. The van der Waals surface area contributed by atoms with Gasteiger partial charge in [0.1, 0.15) is 17.7 Å². The third-order valence-corrected chi connectivity index (χ3v) is 3.87. The van der Waals surface area contributed by atoms with Crippen LogP contribution in [0.5, 0.6) is 0 Å². The standard InChI is InChI=1S/C18H22N8O/c1-13-6-8-19-17(12-13)23-16-5-4-15(24-25-16)20-9-10-21-18(27)14(2)26-11-3-7-22-26/h3-8,11-12,14H,9-10H2,1-2H3,(H,20,24)(H,21,27)(H,19,23,25)/t14-/m0/s1. The summed E-state index contributed by atoms with van der Waals surface area (Å²) in [7, 11) is 0. The van der Waals surface area contributed by atoms with E-state index in [-0.39, 0.29) is 11.9 Å². The molecule has 0 bridgehead atoms. The second-order valence-electron chi connectivity index (χ2n) is 6.03. The van der Waals surface area contributed by atoms with Crippen molar-refractivity contribution in [2.75, 3.05) is 23.7 Å². The van der Waals surface area contributed by atoms with Gasteiger partial charge in [-0.3, -0.25) is 9.48 Å². The van der Waals surface area contributed by atoms with Crippen molar-refractivity contribution >= 4 is 23.4 Å². The molecule has 1 amide bonds. The smallest absolute Gasteiger partial charge is 0.244 e. The molecule has 0 aliphatic carbocycles. The van der Waals surface area contributed by atoms with Gasteiger partial charge < -0.3 is 16.0 Å². The predicted molar refractivity (Wildman–Crippen MR) is 103 cm³/mol. The van der Waals surface area contributed by atoms with Crippen LogP contribution in [0.1, 0.15) is 18.5 Å². The SMILES string of the molecule is Cc1ccnc(Nc2ccc(NCCNC(=O)[C@H](C)n3cccn3)nn2)c1. The van der Waals surface area contributed by atoms with Gasteiger partial charge >= 0.3 is 0 Å². The lowest BCUT2D eigenvalue weighted by atomic mass is 10.3. The third kappa shape index (κ3) is 5.24. The quantitative estimate of drug-likeness (QED) is 0.522. The average Bonchev–Trinajstić information content (AvgIpc) is 3.20. The minimum Gasteiger partial charge on any atom is -0.367 e. The van der Waals surface area contributed by atoms with Crippen molar-refractivity contribution in [3.05, 3.63) is 54.5 Å². The Hall–Kier alpha value is -3.49. The molecule has 0 radical (unpaired) electrons. The molecular formula is C18H22N8O. The molecule has 1 atom stereocenters. The number of rotatable bonds is 8. The molecule has 3 heterocycles. The molecule has 27 heavy (non-hydrogen) atoms. The van der Waals surface area contributed by atoms with E-state index >= 15 is 0 Å². The Kier molecular flexibility index (Phi) is 5.93. The molecule has 0 unspecified atom stereocenters. The van der Waals surface area contributed by atoms with Crippen LogP contribution in [0.4, 0.5) is 17.5 Å². The van der Waals surface area contributed by atoms with E-state index in [1.165, 1.54) is 0 Å². The maximum atomic E-state index is 12.1. The third-order valence-electron chi connectivity index (χ3n) is 3.87. The summed E-state index contributed by atoms with van der Waals surface area (Å²) >= 11 is 0. The molecule has 0 saturated heterocycles. The topological polar surface area (TPSA) is 110 Å². The molecule has 3 aromatic heterocycles. The molecule has 3 N–H and O–H groups in total. The highest BCUT2D eigenvalue weighted by Gasteiger charge is 2.13. The zero-order chi connectivity index (χ0) is 19.1. The Morgan fingerprint density at radius 1 is 1.11 bits per heavy atom. The Labute approximate surface area is 157 Å². The van der Waals surface area contributed by atoms with Crippen molar-refractivity contribution in [2.24, 2.45) is 0 Å². The van der Waals surface area contributed by atoms with Gasteiger partial charge in [0.2, 0.25) is 5.91 Å². The minimum absolute atomic E-state index is 0.0863. The van der Waals surface area contributed by atoms with Crippen molar-refractivity contribution in [1.29, 1.82) is 0 Å². The molecule has 0 spiro atoms. The molecule has 9 nitrogen and oxygen atoms in total. The Morgan fingerprint density at radius 3 is 2.63 bits per heavy atom. The summed E-state index contributed by atoms with van der Waals surface area (Å²) in [6, 6.07) is 8.94. The maximum Gasteiger partial charge on any atom is 0.244 e. The van der Waals surface area contributed by atoms with E-state index in [1.807, 2.05) is 31.2 Å². The van der Waals surface area contributed by atoms with Gasteiger partial charge in [-0.1, -0.05) is 0 Å². The van der Waals surface area contributed by atoms with Gasteiger partial charge in [-0.2, -0.15) is 5.10 Å². The highest BCUT2D eigenvalue weighted by molar-refractivity contribution is 5.79. The van der Waals surface area contributed by atoms with Gasteiger partial charge in [0, 0.05) is 31.7 Å². The fraction of sp³-hybridized carbons (Fsp3) is 0.278. The van der Waals surface area contributed by atoms with Crippen molar-refractivity contribution < 1.29 is 4.79 Å². The predicted octanol–water partition coefficient (Wildman–Crippen LogP) is 1.91. The second-order valence-corrected chi connectivity index (χ2v) is 6.03. The van der Waals surface area contributed by atoms with Gasteiger partial charge in [0.15, 0.2) is 5.82 Å². The zero-order valence-electron chi connectivity index (χ0n) is 15.3. The number of aromatic nitrogens is 5. The molecule has 0 saturated carbocycles. The van der Waals surface area contributed by atoms with Gasteiger partial charge in [0.25, 0.3) is 0 Å². The van der Waals surface area contributed by atoms with Gasteiger partial charge in [-0.15, -0.1) is 10.2 Å². The first-order valence-corrected chi connectivity index (χ1v) is 8.66. The van der Waals surface area contributed by atoms with Gasteiger partial charge in [0.05, 0.1) is 0 Å². The molecule has 0 aliphatic heterocycles. The van der Waals surface area contributed by atoms with Crippen molar-refractivity contribution in [2.45, 2.75) is 19.9 Å². The number of hydrogen-bond donors (Lipinski definition) is 3. The Morgan fingerprint density at radius 2 is 1.93 bits per heavy atom. The normalized spacial score (nSPS) is 11.6. The number of aryl methyl sites for hydroxylation is 1. The molecule has 140 valence electrons. The first kappa shape index (κ1) is 18.3. The summed E-state index contributed by atoms with van der Waals surface area (Å²) in [6.07, 6.45) is 5.15. The van der Waals surface area contributed by atoms with Crippen LogP contribution >= 0.6 is 0 Å². The molecule has 3 rings (SSSR count). The van der Waals surface area contributed by atoms with Crippen LogP contribution in [-0.2, 0) is 4.79 Å². The zero-order valence-corrected chi connectivity index (χ0v) is 15.3.